The van der Waals surface area contributed by atoms with E-state index in [-0.39, 0.29) is 0 Å². The molecule has 1 aliphatic rings. The van der Waals surface area contributed by atoms with E-state index < -0.39 is 0 Å². The van der Waals surface area contributed by atoms with Gasteiger partial charge >= 0.3 is 0 Å². The molecule has 1 saturated heterocycles. The van der Waals surface area contributed by atoms with Gasteiger partial charge in [-0.1, -0.05) is 39.8 Å². The van der Waals surface area contributed by atoms with Gasteiger partial charge < -0.3 is 9.80 Å². The number of nitrogens with zero attached hydrogens (tertiary/aromatic N) is 2. The minimum Gasteiger partial charge on any atom is -0.369 e. The Balaban J connectivity index is 0.000000956. The van der Waals surface area contributed by atoms with Gasteiger partial charge in [0.05, 0.1) is 0 Å². The molecule has 20 heavy (non-hydrogen) atoms. The molecule has 1 fully saturated rings. The highest BCUT2D eigenvalue weighted by Crippen LogP contribution is 2.27. The lowest BCUT2D eigenvalue weighted by molar-refractivity contribution is 0.313. The molecule has 1 heterocycles. The third-order valence-corrected chi connectivity index (χ3v) is 4.20. The van der Waals surface area contributed by atoms with Crippen LogP contribution in [0.15, 0.2) is 24.3 Å². The number of likely N-dealkylation sites (N-methyl/N-ethyl adjacent to an activating group) is 1. The van der Waals surface area contributed by atoms with Crippen molar-refractivity contribution < 1.29 is 0 Å². The SMILES string of the molecule is CC.CCC(CC)c1cccc(N2CCN(C)CC2)c1. The first kappa shape index (κ1) is 17.0. The third-order valence-electron chi connectivity index (χ3n) is 4.20. The number of hydrogen-bond acceptors (Lipinski definition) is 2. The molecule has 1 aromatic carbocycles. The number of piperazine rings is 1. The van der Waals surface area contributed by atoms with E-state index >= 15 is 0 Å². The van der Waals surface area contributed by atoms with Crippen LogP contribution in [0.1, 0.15) is 52.0 Å². The summed E-state index contributed by atoms with van der Waals surface area (Å²) in [4.78, 5) is 4.92. The number of benzene rings is 1. The number of rotatable bonds is 4. The van der Waals surface area contributed by atoms with Gasteiger partial charge in [0, 0.05) is 31.9 Å². The quantitative estimate of drug-likeness (QED) is 0.806. The van der Waals surface area contributed by atoms with Gasteiger partial charge in [-0.15, -0.1) is 0 Å². The second-order valence-electron chi connectivity index (χ2n) is 5.40. The van der Waals surface area contributed by atoms with Gasteiger partial charge in [0.15, 0.2) is 0 Å². The lowest BCUT2D eigenvalue weighted by atomic mass is 9.93. The first-order valence-electron chi connectivity index (χ1n) is 8.28. The van der Waals surface area contributed by atoms with E-state index in [1.54, 1.807) is 0 Å². The van der Waals surface area contributed by atoms with Gasteiger partial charge in [-0.3, -0.25) is 0 Å². The minimum atomic E-state index is 0.720. The standard InChI is InChI=1S/C16H26N2.C2H6/c1-4-14(5-2)15-7-6-8-16(13-15)18-11-9-17(3)10-12-18;1-2/h6-8,13-14H,4-5,9-12H2,1-3H3;1-2H3. The van der Waals surface area contributed by atoms with Crippen LogP contribution in [0.4, 0.5) is 5.69 Å². The first-order valence-corrected chi connectivity index (χ1v) is 8.28. The fourth-order valence-electron chi connectivity index (χ4n) is 2.80. The van der Waals surface area contributed by atoms with Gasteiger partial charge in [-0.05, 0) is 43.5 Å². The van der Waals surface area contributed by atoms with Crippen LogP contribution in [0.5, 0.6) is 0 Å². The second kappa shape index (κ2) is 9.02. The lowest BCUT2D eigenvalue weighted by Gasteiger charge is -2.34. The molecular weight excluding hydrogens is 244 g/mol. The molecule has 0 unspecified atom stereocenters. The summed E-state index contributed by atoms with van der Waals surface area (Å²) in [6.07, 6.45) is 2.48. The molecule has 0 N–H and O–H groups in total. The average molecular weight is 276 g/mol. The third kappa shape index (κ3) is 4.52. The average Bonchev–Trinajstić information content (AvgIpc) is 2.52. The molecule has 2 rings (SSSR count). The molecule has 1 aromatic rings. The van der Waals surface area contributed by atoms with E-state index in [2.05, 4.69) is 55.0 Å². The van der Waals surface area contributed by atoms with Crippen molar-refractivity contribution >= 4 is 5.69 Å². The fraction of sp³-hybridized carbons (Fsp3) is 0.667. The highest BCUT2D eigenvalue weighted by molar-refractivity contribution is 5.49. The zero-order valence-corrected chi connectivity index (χ0v) is 14.0. The van der Waals surface area contributed by atoms with Gasteiger partial charge in [-0.2, -0.15) is 0 Å². The van der Waals surface area contributed by atoms with Crippen molar-refractivity contribution in [3.8, 4) is 0 Å². The lowest BCUT2D eigenvalue weighted by Crippen LogP contribution is -2.44. The fourth-order valence-corrected chi connectivity index (χ4v) is 2.80. The molecule has 0 spiro atoms. The zero-order chi connectivity index (χ0) is 15.0. The van der Waals surface area contributed by atoms with E-state index in [0.717, 1.165) is 19.0 Å². The van der Waals surface area contributed by atoms with Crippen LogP contribution < -0.4 is 4.90 Å². The van der Waals surface area contributed by atoms with E-state index in [1.807, 2.05) is 13.8 Å². The van der Waals surface area contributed by atoms with Crippen molar-refractivity contribution in [1.29, 1.82) is 0 Å². The molecule has 2 nitrogen and oxygen atoms in total. The highest BCUT2D eigenvalue weighted by Gasteiger charge is 2.15. The largest absolute Gasteiger partial charge is 0.369 e. The Bertz CT molecular complexity index is 363. The predicted molar refractivity (Wildman–Crippen MR) is 90.8 cm³/mol. The molecule has 0 bridgehead atoms. The summed E-state index contributed by atoms with van der Waals surface area (Å²) in [7, 11) is 2.21. The van der Waals surface area contributed by atoms with Crippen LogP contribution in [0.2, 0.25) is 0 Å². The Kier molecular flexibility index (Phi) is 7.68. The summed E-state index contributed by atoms with van der Waals surface area (Å²) < 4.78 is 0. The Morgan fingerprint density at radius 3 is 2.15 bits per heavy atom. The number of anilines is 1. The van der Waals surface area contributed by atoms with Crippen LogP contribution in [0.25, 0.3) is 0 Å². The maximum atomic E-state index is 2.52. The summed E-state index contributed by atoms with van der Waals surface area (Å²) in [5.74, 6) is 0.720. The molecule has 0 aromatic heterocycles. The maximum Gasteiger partial charge on any atom is 0.0369 e. The minimum absolute atomic E-state index is 0.720. The Morgan fingerprint density at radius 1 is 1.00 bits per heavy atom. The van der Waals surface area contributed by atoms with Crippen molar-refractivity contribution in [2.75, 3.05) is 38.1 Å². The molecular formula is C18H32N2. The summed E-state index contributed by atoms with van der Waals surface area (Å²) >= 11 is 0. The van der Waals surface area contributed by atoms with Gasteiger partial charge in [0.2, 0.25) is 0 Å². The van der Waals surface area contributed by atoms with Crippen LogP contribution in [0.3, 0.4) is 0 Å². The van der Waals surface area contributed by atoms with E-state index in [1.165, 1.54) is 37.2 Å². The maximum absolute atomic E-state index is 2.52. The van der Waals surface area contributed by atoms with Crippen LogP contribution in [-0.2, 0) is 0 Å². The molecule has 0 aliphatic carbocycles. The van der Waals surface area contributed by atoms with Crippen LogP contribution >= 0.6 is 0 Å². The van der Waals surface area contributed by atoms with E-state index in [4.69, 9.17) is 0 Å². The predicted octanol–water partition coefficient (Wildman–Crippen LogP) is 4.37. The van der Waals surface area contributed by atoms with Crippen molar-refractivity contribution in [2.45, 2.75) is 46.5 Å². The Morgan fingerprint density at radius 2 is 1.60 bits per heavy atom. The highest BCUT2D eigenvalue weighted by atomic mass is 15.2. The molecule has 2 heteroatoms. The topological polar surface area (TPSA) is 6.48 Å². The smallest absolute Gasteiger partial charge is 0.0369 e. The first-order chi connectivity index (χ1) is 9.74. The molecule has 0 radical (unpaired) electrons. The second-order valence-corrected chi connectivity index (χ2v) is 5.40. The van der Waals surface area contributed by atoms with E-state index in [9.17, 15) is 0 Å². The van der Waals surface area contributed by atoms with E-state index in [0.29, 0.717) is 0 Å². The zero-order valence-electron chi connectivity index (χ0n) is 14.0. The number of hydrogen-bond donors (Lipinski definition) is 0. The van der Waals surface area contributed by atoms with Crippen molar-refractivity contribution in [3.05, 3.63) is 29.8 Å². The van der Waals surface area contributed by atoms with Crippen LogP contribution in [-0.4, -0.2) is 38.1 Å². The summed E-state index contributed by atoms with van der Waals surface area (Å²) in [6, 6.07) is 9.18. The summed E-state index contributed by atoms with van der Waals surface area (Å²) in [5.41, 5.74) is 2.92. The Labute approximate surface area is 125 Å². The van der Waals surface area contributed by atoms with Gasteiger partial charge in [0.25, 0.3) is 0 Å². The summed E-state index contributed by atoms with van der Waals surface area (Å²) in [5, 5.41) is 0. The molecule has 1 aliphatic heterocycles. The van der Waals surface area contributed by atoms with Crippen molar-refractivity contribution in [1.82, 2.24) is 4.90 Å². The molecule has 114 valence electrons. The molecule has 0 saturated carbocycles. The van der Waals surface area contributed by atoms with Crippen molar-refractivity contribution in [3.63, 3.8) is 0 Å². The van der Waals surface area contributed by atoms with Gasteiger partial charge in [-0.25, -0.2) is 0 Å². The molecule has 0 amide bonds. The molecule has 0 atom stereocenters. The van der Waals surface area contributed by atoms with Crippen molar-refractivity contribution in [2.24, 2.45) is 0 Å². The van der Waals surface area contributed by atoms with Crippen LogP contribution in [0, 0.1) is 0 Å². The monoisotopic (exact) mass is 276 g/mol. The van der Waals surface area contributed by atoms with Gasteiger partial charge in [0.1, 0.15) is 0 Å². The normalized spacial score (nSPS) is 16.0. The Hall–Kier alpha value is -1.02. The summed E-state index contributed by atoms with van der Waals surface area (Å²) in [6.45, 7) is 13.2.